The average molecular weight is 357 g/mol. The summed E-state index contributed by atoms with van der Waals surface area (Å²) in [6, 6.07) is 5.53. The number of carbonyl (C=O) groups is 2. The van der Waals surface area contributed by atoms with Crippen molar-refractivity contribution in [3.05, 3.63) is 18.2 Å². The fourth-order valence-corrected chi connectivity index (χ4v) is 2.85. The topological polar surface area (TPSA) is 83.1 Å². The first-order chi connectivity index (χ1) is 10.6. The minimum Gasteiger partial charge on any atom is -0.326 e. The maximum atomic E-state index is 11.7. The Morgan fingerprint density at radius 3 is 2.61 bits per heavy atom. The number of amides is 2. The minimum absolute atomic E-state index is 0. The van der Waals surface area contributed by atoms with Crippen LogP contribution in [0.25, 0.3) is 10.2 Å². The molecule has 0 atom stereocenters. The molecule has 1 aromatic carbocycles. The van der Waals surface area contributed by atoms with Gasteiger partial charge >= 0.3 is 0 Å². The van der Waals surface area contributed by atoms with Crippen LogP contribution in [0, 0.1) is 0 Å². The molecule has 0 aliphatic carbocycles. The predicted molar refractivity (Wildman–Crippen MR) is 97.6 cm³/mol. The summed E-state index contributed by atoms with van der Waals surface area (Å²) >= 11 is 1.40. The number of halogens is 1. The van der Waals surface area contributed by atoms with E-state index in [2.05, 4.69) is 20.9 Å². The summed E-state index contributed by atoms with van der Waals surface area (Å²) in [5, 5.41) is 9.17. The number of thiazole rings is 1. The lowest BCUT2D eigenvalue weighted by molar-refractivity contribution is -0.117. The van der Waals surface area contributed by atoms with Crippen molar-refractivity contribution in [2.24, 2.45) is 0 Å². The largest absolute Gasteiger partial charge is 0.326 e. The minimum atomic E-state index is -0.0327. The van der Waals surface area contributed by atoms with Gasteiger partial charge in [0.1, 0.15) is 0 Å². The number of anilines is 2. The van der Waals surface area contributed by atoms with Crippen LogP contribution in [0.2, 0.25) is 0 Å². The van der Waals surface area contributed by atoms with Gasteiger partial charge in [0.05, 0.1) is 10.2 Å². The predicted octanol–water partition coefficient (Wildman–Crippen LogP) is 3.00. The second-order valence-corrected chi connectivity index (χ2v) is 5.93. The van der Waals surface area contributed by atoms with Crippen molar-refractivity contribution in [2.75, 3.05) is 24.2 Å². The Morgan fingerprint density at radius 1 is 1.17 bits per heavy atom. The molecule has 0 spiro atoms. The molecule has 0 unspecified atom stereocenters. The zero-order chi connectivity index (χ0) is 15.9. The van der Waals surface area contributed by atoms with E-state index in [4.69, 9.17) is 0 Å². The maximum Gasteiger partial charge on any atom is 0.226 e. The van der Waals surface area contributed by atoms with Gasteiger partial charge in [0.25, 0.3) is 0 Å². The number of nitrogens with one attached hydrogen (secondary N) is 3. The number of rotatable bonds is 7. The van der Waals surface area contributed by atoms with Gasteiger partial charge in [-0.15, -0.1) is 12.4 Å². The second kappa shape index (κ2) is 9.44. The second-order valence-electron chi connectivity index (χ2n) is 4.90. The fourth-order valence-electron chi connectivity index (χ4n) is 1.93. The van der Waals surface area contributed by atoms with Crippen LogP contribution in [0.4, 0.5) is 10.8 Å². The van der Waals surface area contributed by atoms with Crippen LogP contribution in [-0.2, 0) is 9.59 Å². The first kappa shape index (κ1) is 19.3. The van der Waals surface area contributed by atoms with Crippen LogP contribution in [0.1, 0.15) is 26.2 Å². The Hall–Kier alpha value is -1.70. The Kier molecular flexibility index (Phi) is 7.94. The lowest BCUT2D eigenvalue weighted by Gasteiger charge is -2.04. The van der Waals surface area contributed by atoms with Crippen LogP contribution in [-0.4, -0.2) is 30.4 Å². The number of aromatic nitrogens is 1. The van der Waals surface area contributed by atoms with Gasteiger partial charge in [-0.3, -0.25) is 9.59 Å². The molecule has 0 saturated carbocycles. The van der Waals surface area contributed by atoms with Crippen LogP contribution in [0.15, 0.2) is 18.2 Å². The van der Waals surface area contributed by atoms with Gasteiger partial charge in [0.15, 0.2) is 5.13 Å². The van der Waals surface area contributed by atoms with E-state index >= 15 is 0 Å². The third-order valence-electron chi connectivity index (χ3n) is 3.00. The molecule has 0 saturated heterocycles. The summed E-state index contributed by atoms with van der Waals surface area (Å²) in [6.45, 7) is 2.60. The highest BCUT2D eigenvalue weighted by molar-refractivity contribution is 7.22. The molecule has 0 aliphatic heterocycles. The normalized spacial score (nSPS) is 10.2. The van der Waals surface area contributed by atoms with E-state index in [1.165, 1.54) is 11.3 Å². The molecule has 0 bridgehead atoms. The number of nitrogens with zero attached hydrogens (tertiary/aromatic N) is 1. The van der Waals surface area contributed by atoms with E-state index in [0.29, 0.717) is 24.5 Å². The van der Waals surface area contributed by atoms with Gasteiger partial charge in [0.2, 0.25) is 11.8 Å². The highest BCUT2D eigenvalue weighted by Crippen LogP contribution is 2.28. The summed E-state index contributed by atoms with van der Waals surface area (Å²) in [5.41, 5.74) is 1.55. The van der Waals surface area contributed by atoms with Crippen molar-refractivity contribution in [1.29, 1.82) is 0 Å². The van der Waals surface area contributed by atoms with Crippen LogP contribution in [0.3, 0.4) is 0 Å². The fraction of sp³-hybridized carbons (Fsp3) is 0.400. The van der Waals surface area contributed by atoms with Crippen molar-refractivity contribution < 1.29 is 9.59 Å². The molecule has 0 radical (unpaired) electrons. The summed E-state index contributed by atoms with van der Waals surface area (Å²) in [6.07, 6.45) is 1.72. The van der Waals surface area contributed by atoms with Crippen molar-refractivity contribution in [2.45, 2.75) is 26.2 Å². The van der Waals surface area contributed by atoms with E-state index in [-0.39, 0.29) is 24.2 Å². The van der Waals surface area contributed by atoms with Gasteiger partial charge in [-0.2, -0.15) is 0 Å². The summed E-state index contributed by atoms with van der Waals surface area (Å²) in [4.78, 5) is 27.7. The van der Waals surface area contributed by atoms with E-state index < -0.39 is 0 Å². The Morgan fingerprint density at radius 2 is 1.91 bits per heavy atom. The molecule has 2 amide bonds. The Bertz CT molecular complexity index is 675. The highest BCUT2D eigenvalue weighted by Gasteiger charge is 2.09. The lowest BCUT2D eigenvalue weighted by atomic mass is 10.3. The molecule has 6 nitrogen and oxygen atoms in total. The third-order valence-corrected chi connectivity index (χ3v) is 3.93. The van der Waals surface area contributed by atoms with Gasteiger partial charge in [-0.25, -0.2) is 4.98 Å². The van der Waals surface area contributed by atoms with E-state index in [1.54, 1.807) is 0 Å². The van der Waals surface area contributed by atoms with Crippen molar-refractivity contribution >= 4 is 56.6 Å². The van der Waals surface area contributed by atoms with Crippen LogP contribution < -0.4 is 16.0 Å². The van der Waals surface area contributed by atoms with E-state index in [9.17, 15) is 9.59 Å². The molecule has 23 heavy (non-hydrogen) atoms. The Labute approximate surface area is 145 Å². The Balaban J connectivity index is 0.00000264. The zero-order valence-corrected chi connectivity index (χ0v) is 14.8. The van der Waals surface area contributed by atoms with E-state index in [0.717, 1.165) is 22.3 Å². The molecule has 3 N–H and O–H groups in total. The van der Waals surface area contributed by atoms with Crippen LogP contribution >= 0.6 is 23.7 Å². The quantitative estimate of drug-likeness (QED) is 0.712. The van der Waals surface area contributed by atoms with Gasteiger partial charge in [0, 0.05) is 25.1 Å². The van der Waals surface area contributed by atoms with Gasteiger partial charge in [-0.1, -0.05) is 18.3 Å². The van der Waals surface area contributed by atoms with Crippen molar-refractivity contribution in [1.82, 2.24) is 10.3 Å². The number of fused-ring (bicyclic) bond motifs is 1. The molecule has 126 valence electrons. The molecular weight excluding hydrogens is 336 g/mol. The molecule has 1 aromatic heterocycles. The number of hydrogen-bond acceptors (Lipinski definition) is 5. The van der Waals surface area contributed by atoms with Gasteiger partial charge < -0.3 is 16.0 Å². The van der Waals surface area contributed by atoms with Crippen LogP contribution in [0.5, 0.6) is 0 Å². The smallest absolute Gasteiger partial charge is 0.226 e. The summed E-state index contributed by atoms with van der Waals surface area (Å²) in [5.74, 6) is -0.0585. The zero-order valence-electron chi connectivity index (χ0n) is 13.1. The standard InChI is InChI=1S/C15H20N4O2S.ClH/c1-3-4-13(20)19-15-18-11-6-5-10(9-12(11)22-15)17-14(21)7-8-16-2;/h5-6,9,16H,3-4,7-8H2,1-2H3,(H,17,21)(H,18,19,20);1H. The first-order valence-electron chi connectivity index (χ1n) is 7.27. The molecule has 8 heteroatoms. The SMILES string of the molecule is CCCC(=O)Nc1nc2ccc(NC(=O)CCNC)cc2s1.Cl. The van der Waals surface area contributed by atoms with E-state index in [1.807, 2.05) is 32.2 Å². The molecule has 0 fully saturated rings. The summed E-state index contributed by atoms with van der Waals surface area (Å²) in [7, 11) is 1.81. The molecule has 1 heterocycles. The molecular formula is C15H21ClN4O2S. The molecule has 2 aromatic rings. The average Bonchev–Trinajstić information content (AvgIpc) is 2.86. The number of benzene rings is 1. The van der Waals surface area contributed by atoms with Crippen molar-refractivity contribution in [3.63, 3.8) is 0 Å². The molecule has 0 aliphatic rings. The molecule has 2 rings (SSSR count). The van der Waals surface area contributed by atoms with Crippen molar-refractivity contribution in [3.8, 4) is 0 Å². The monoisotopic (exact) mass is 356 g/mol. The summed E-state index contributed by atoms with van der Waals surface area (Å²) < 4.78 is 0.929. The van der Waals surface area contributed by atoms with Gasteiger partial charge in [-0.05, 0) is 31.7 Å². The number of hydrogen-bond donors (Lipinski definition) is 3. The highest BCUT2D eigenvalue weighted by atomic mass is 35.5. The lowest BCUT2D eigenvalue weighted by Crippen LogP contribution is -2.18. The maximum absolute atomic E-state index is 11.7. The third kappa shape index (κ3) is 5.78. The first-order valence-corrected chi connectivity index (χ1v) is 8.09. The number of carbonyl (C=O) groups excluding carboxylic acids is 2.